The van der Waals surface area contributed by atoms with E-state index < -0.39 is 5.41 Å². The van der Waals surface area contributed by atoms with Gasteiger partial charge in [-0.25, -0.2) is 0 Å². The van der Waals surface area contributed by atoms with E-state index in [-0.39, 0.29) is 30.0 Å². The smallest absolute Gasteiger partial charge is 0.253 e. The highest BCUT2D eigenvalue weighted by molar-refractivity contribution is 6.05. The molecule has 0 bridgehead atoms. The summed E-state index contributed by atoms with van der Waals surface area (Å²) in [7, 11) is 2.98. The zero-order chi connectivity index (χ0) is 21.6. The van der Waals surface area contributed by atoms with Crippen molar-refractivity contribution in [3.63, 3.8) is 0 Å². The van der Waals surface area contributed by atoms with Gasteiger partial charge in [0.1, 0.15) is 0 Å². The summed E-state index contributed by atoms with van der Waals surface area (Å²) in [6.45, 7) is 5.62. The van der Waals surface area contributed by atoms with Crippen LogP contribution in [0.4, 0.5) is 5.69 Å². The molecule has 0 aliphatic carbocycles. The number of carbonyl (C=O) groups excluding carboxylic acids is 2. The second kappa shape index (κ2) is 9.43. The van der Waals surface area contributed by atoms with E-state index in [0.29, 0.717) is 17.2 Å². The van der Waals surface area contributed by atoms with Gasteiger partial charge in [0.2, 0.25) is 5.91 Å². The first-order valence-corrected chi connectivity index (χ1v) is 9.33. The Bertz CT molecular complexity index is 860. The lowest BCUT2D eigenvalue weighted by atomic mass is 9.95. The van der Waals surface area contributed by atoms with Crippen molar-refractivity contribution in [2.75, 3.05) is 26.1 Å². The molecule has 1 atom stereocenters. The van der Waals surface area contributed by atoms with E-state index in [0.717, 1.165) is 5.56 Å². The predicted octanol–water partition coefficient (Wildman–Crippen LogP) is 3.12. The van der Waals surface area contributed by atoms with Crippen LogP contribution in [0.25, 0.3) is 0 Å². The van der Waals surface area contributed by atoms with Crippen molar-refractivity contribution in [2.24, 2.45) is 11.1 Å². The van der Waals surface area contributed by atoms with Gasteiger partial charge in [-0.1, -0.05) is 51.1 Å². The number of rotatable bonds is 7. The van der Waals surface area contributed by atoms with Crippen molar-refractivity contribution in [3.05, 3.63) is 53.6 Å². The molecule has 0 aromatic heterocycles. The maximum absolute atomic E-state index is 12.9. The Kier molecular flexibility index (Phi) is 7.23. The van der Waals surface area contributed by atoms with E-state index in [2.05, 4.69) is 10.6 Å². The average Bonchev–Trinajstić information content (AvgIpc) is 2.71. The topological polar surface area (TPSA) is 103 Å². The lowest BCUT2D eigenvalue weighted by molar-refractivity contribution is -0.123. The van der Waals surface area contributed by atoms with Gasteiger partial charge >= 0.3 is 0 Å². The van der Waals surface area contributed by atoms with Crippen LogP contribution >= 0.6 is 0 Å². The molecule has 0 saturated carbocycles. The van der Waals surface area contributed by atoms with Crippen LogP contribution in [0.3, 0.4) is 0 Å². The number of amides is 2. The molecule has 0 aliphatic heterocycles. The van der Waals surface area contributed by atoms with E-state index in [1.807, 2.05) is 30.3 Å². The lowest BCUT2D eigenvalue weighted by Gasteiger charge is -2.21. The molecular weight excluding hydrogens is 370 g/mol. The molecular formula is C22H29N3O4. The summed E-state index contributed by atoms with van der Waals surface area (Å²) in [5.74, 6) is 0.203. The second-order valence-electron chi connectivity index (χ2n) is 7.68. The highest BCUT2D eigenvalue weighted by Crippen LogP contribution is 2.34. The van der Waals surface area contributed by atoms with Gasteiger partial charge in [0.25, 0.3) is 5.91 Å². The molecule has 0 aliphatic rings. The van der Waals surface area contributed by atoms with E-state index in [9.17, 15) is 9.59 Å². The molecule has 0 spiro atoms. The van der Waals surface area contributed by atoms with Crippen LogP contribution < -0.4 is 25.8 Å². The maximum Gasteiger partial charge on any atom is 0.253 e. The number of nitrogens with one attached hydrogen (secondary N) is 2. The van der Waals surface area contributed by atoms with Crippen LogP contribution in [0, 0.1) is 5.41 Å². The molecule has 2 rings (SSSR count). The van der Waals surface area contributed by atoms with Gasteiger partial charge in [0.05, 0.1) is 25.5 Å². The van der Waals surface area contributed by atoms with E-state index in [1.165, 1.54) is 14.2 Å². The van der Waals surface area contributed by atoms with Gasteiger partial charge in [-0.15, -0.1) is 0 Å². The summed E-state index contributed by atoms with van der Waals surface area (Å²) in [5.41, 5.74) is 7.06. The van der Waals surface area contributed by atoms with Crippen LogP contribution in [-0.4, -0.2) is 32.6 Å². The SMILES string of the molecule is COc1cc(NC(=O)C(C)(C)C)c(C(=O)NCC(N)c2ccccc2)cc1OC. The number of hydrogen-bond donors (Lipinski definition) is 3. The molecule has 156 valence electrons. The Hall–Kier alpha value is -3.06. The Labute approximate surface area is 171 Å². The van der Waals surface area contributed by atoms with Gasteiger partial charge in [-0.05, 0) is 11.6 Å². The Morgan fingerprint density at radius 1 is 1.03 bits per heavy atom. The highest BCUT2D eigenvalue weighted by Gasteiger charge is 2.25. The van der Waals surface area contributed by atoms with Crippen LogP contribution in [0.1, 0.15) is 42.7 Å². The fraction of sp³-hybridized carbons (Fsp3) is 0.364. The van der Waals surface area contributed by atoms with E-state index >= 15 is 0 Å². The molecule has 0 saturated heterocycles. The third-order valence-electron chi connectivity index (χ3n) is 4.41. The first-order valence-electron chi connectivity index (χ1n) is 9.33. The fourth-order valence-corrected chi connectivity index (χ4v) is 2.60. The summed E-state index contributed by atoms with van der Waals surface area (Å²) in [6.07, 6.45) is 0. The molecule has 4 N–H and O–H groups in total. The number of methoxy groups -OCH3 is 2. The molecule has 0 fully saturated rings. The summed E-state index contributed by atoms with van der Waals surface area (Å²) in [4.78, 5) is 25.4. The van der Waals surface area contributed by atoms with E-state index in [1.54, 1.807) is 32.9 Å². The van der Waals surface area contributed by atoms with Crippen LogP contribution in [0.15, 0.2) is 42.5 Å². The average molecular weight is 399 g/mol. The van der Waals surface area contributed by atoms with Crippen LogP contribution in [0.2, 0.25) is 0 Å². The minimum absolute atomic E-state index is 0.222. The monoisotopic (exact) mass is 399 g/mol. The van der Waals surface area contributed by atoms with Crippen molar-refractivity contribution < 1.29 is 19.1 Å². The maximum atomic E-state index is 12.9. The molecule has 1 unspecified atom stereocenters. The van der Waals surface area contributed by atoms with Gasteiger partial charge in [-0.2, -0.15) is 0 Å². The summed E-state index contributed by atoms with van der Waals surface area (Å²) >= 11 is 0. The molecule has 0 radical (unpaired) electrons. The number of nitrogens with two attached hydrogens (primary N) is 1. The zero-order valence-electron chi connectivity index (χ0n) is 17.5. The number of anilines is 1. The predicted molar refractivity (Wildman–Crippen MR) is 113 cm³/mol. The summed E-state index contributed by atoms with van der Waals surface area (Å²) < 4.78 is 10.6. The third kappa shape index (κ3) is 5.71. The first kappa shape index (κ1) is 22.2. The van der Waals surface area contributed by atoms with Crippen LogP contribution in [0.5, 0.6) is 11.5 Å². The molecule has 2 aromatic carbocycles. The summed E-state index contributed by atoms with van der Waals surface area (Å²) in [5, 5.41) is 5.64. The summed E-state index contributed by atoms with van der Waals surface area (Å²) in [6, 6.07) is 12.3. The van der Waals surface area contributed by atoms with Gasteiger partial charge in [0, 0.05) is 24.1 Å². The molecule has 29 heavy (non-hydrogen) atoms. The van der Waals surface area contributed by atoms with Crippen LogP contribution in [-0.2, 0) is 4.79 Å². The van der Waals surface area contributed by atoms with Gasteiger partial charge in [0.15, 0.2) is 11.5 Å². The highest BCUT2D eigenvalue weighted by atomic mass is 16.5. The molecule has 2 aromatic rings. The van der Waals surface area contributed by atoms with Crippen molar-refractivity contribution in [1.82, 2.24) is 5.32 Å². The van der Waals surface area contributed by atoms with Crippen molar-refractivity contribution >= 4 is 17.5 Å². The zero-order valence-corrected chi connectivity index (χ0v) is 17.5. The normalized spacial score (nSPS) is 12.1. The minimum Gasteiger partial charge on any atom is -0.493 e. The molecule has 7 nitrogen and oxygen atoms in total. The number of hydrogen-bond acceptors (Lipinski definition) is 5. The molecule has 2 amide bonds. The fourth-order valence-electron chi connectivity index (χ4n) is 2.60. The largest absolute Gasteiger partial charge is 0.493 e. The van der Waals surface area contributed by atoms with E-state index in [4.69, 9.17) is 15.2 Å². The number of ether oxygens (including phenoxy) is 2. The van der Waals surface area contributed by atoms with Gasteiger partial charge in [-0.3, -0.25) is 9.59 Å². The number of carbonyl (C=O) groups is 2. The van der Waals surface area contributed by atoms with Crippen molar-refractivity contribution in [1.29, 1.82) is 0 Å². The quantitative estimate of drug-likeness (QED) is 0.664. The van der Waals surface area contributed by atoms with Gasteiger partial charge < -0.3 is 25.8 Å². The third-order valence-corrected chi connectivity index (χ3v) is 4.41. The van der Waals surface area contributed by atoms with Crippen molar-refractivity contribution in [3.8, 4) is 11.5 Å². The first-order chi connectivity index (χ1) is 13.7. The standard InChI is InChI=1S/C22H29N3O4/c1-22(2,3)21(27)25-17-12-19(29-5)18(28-4)11-15(17)20(26)24-13-16(23)14-9-7-6-8-10-14/h6-12,16H,13,23H2,1-5H3,(H,24,26)(H,25,27). The minimum atomic E-state index is -0.628. The Morgan fingerprint density at radius 3 is 2.17 bits per heavy atom. The Morgan fingerprint density at radius 2 is 1.62 bits per heavy atom. The number of benzene rings is 2. The molecule has 0 heterocycles. The van der Waals surface area contributed by atoms with Crippen molar-refractivity contribution in [2.45, 2.75) is 26.8 Å². The second-order valence-corrected chi connectivity index (χ2v) is 7.68. The molecule has 7 heteroatoms. The Balaban J connectivity index is 2.28. The lowest BCUT2D eigenvalue weighted by Crippen LogP contribution is -2.33.